The summed E-state index contributed by atoms with van der Waals surface area (Å²) in [4.78, 5) is 26.4. The molecule has 0 heterocycles. The molecule has 0 aliphatic heterocycles. The third kappa shape index (κ3) is 6.45. The average Bonchev–Trinajstić information content (AvgIpc) is 2.87. The van der Waals surface area contributed by atoms with E-state index in [0.717, 1.165) is 4.90 Å². The molecule has 0 aliphatic rings. The zero-order valence-electron chi connectivity index (χ0n) is 19.6. The maximum Gasteiger partial charge on any atom is 0.255 e. The number of methoxy groups -OCH3 is 3. The van der Waals surface area contributed by atoms with E-state index in [1.807, 2.05) is 31.2 Å². The Balaban J connectivity index is 1.67. The summed E-state index contributed by atoms with van der Waals surface area (Å²) in [7, 11) is 4.70. The molecule has 34 heavy (non-hydrogen) atoms. The van der Waals surface area contributed by atoms with E-state index in [9.17, 15) is 9.59 Å². The minimum atomic E-state index is -0.334. The molecule has 0 saturated heterocycles. The molecule has 0 saturated carbocycles. The molecule has 3 rings (SSSR count). The van der Waals surface area contributed by atoms with Crippen molar-refractivity contribution in [1.29, 1.82) is 0 Å². The van der Waals surface area contributed by atoms with Gasteiger partial charge in [-0.25, -0.2) is 0 Å². The molecule has 0 aliphatic carbocycles. The molecule has 0 spiro atoms. The SMILES string of the molecule is CCC(Sc1cccc(NC(=O)c2ccc(OC)cc2)c1)C(=O)Nc1ccc(OC)cc1OC. The monoisotopic (exact) mass is 480 g/mol. The number of anilines is 2. The number of carbonyl (C=O) groups excluding carboxylic acids is 2. The van der Waals surface area contributed by atoms with Crippen LogP contribution in [0.15, 0.2) is 71.6 Å². The fourth-order valence-electron chi connectivity index (χ4n) is 3.19. The molecule has 0 bridgehead atoms. The maximum atomic E-state index is 13.0. The number of rotatable bonds is 10. The van der Waals surface area contributed by atoms with Crippen LogP contribution in [0, 0.1) is 0 Å². The van der Waals surface area contributed by atoms with Crippen molar-refractivity contribution in [3.63, 3.8) is 0 Å². The number of benzene rings is 3. The van der Waals surface area contributed by atoms with Gasteiger partial charge in [0.1, 0.15) is 17.2 Å². The lowest BCUT2D eigenvalue weighted by molar-refractivity contribution is -0.115. The van der Waals surface area contributed by atoms with Crippen molar-refractivity contribution in [2.75, 3.05) is 32.0 Å². The van der Waals surface area contributed by atoms with Crippen LogP contribution in [0.3, 0.4) is 0 Å². The van der Waals surface area contributed by atoms with Gasteiger partial charge in [-0.1, -0.05) is 13.0 Å². The first-order valence-corrected chi connectivity index (χ1v) is 11.6. The van der Waals surface area contributed by atoms with Gasteiger partial charge in [0.25, 0.3) is 5.91 Å². The summed E-state index contributed by atoms with van der Waals surface area (Å²) >= 11 is 1.43. The lowest BCUT2D eigenvalue weighted by atomic mass is 10.2. The van der Waals surface area contributed by atoms with Gasteiger partial charge >= 0.3 is 0 Å². The van der Waals surface area contributed by atoms with Gasteiger partial charge in [-0.3, -0.25) is 9.59 Å². The Bertz CT molecular complexity index is 1130. The largest absolute Gasteiger partial charge is 0.497 e. The van der Waals surface area contributed by atoms with Crippen molar-refractivity contribution in [3.8, 4) is 17.2 Å². The van der Waals surface area contributed by atoms with E-state index in [1.54, 1.807) is 63.8 Å². The number of hydrogen-bond donors (Lipinski definition) is 2. The fraction of sp³-hybridized carbons (Fsp3) is 0.231. The Morgan fingerprint density at radius 3 is 2.21 bits per heavy atom. The first kappa shape index (κ1) is 25.0. The molecule has 0 aromatic heterocycles. The second-order valence-electron chi connectivity index (χ2n) is 7.28. The minimum absolute atomic E-state index is 0.136. The molecule has 3 aromatic carbocycles. The third-order valence-electron chi connectivity index (χ3n) is 5.05. The molecule has 1 unspecified atom stereocenters. The summed E-state index contributed by atoms with van der Waals surface area (Å²) in [6, 6.07) is 19.6. The molecule has 7 nitrogen and oxygen atoms in total. The first-order valence-electron chi connectivity index (χ1n) is 10.7. The molecule has 2 N–H and O–H groups in total. The maximum absolute atomic E-state index is 13.0. The van der Waals surface area contributed by atoms with Crippen LogP contribution in [-0.4, -0.2) is 38.4 Å². The third-order valence-corrected chi connectivity index (χ3v) is 6.41. The van der Waals surface area contributed by atoms with Gasteiger partial charge in [-0.05, 0) is 61.0 Å². The van der Waals surface area contributed by atoms with Gasteiger partial charge in [0.2, 0.25) is 5.91 Å². The molecule has 2 amide bonds. The Labute approximate surface area is 203 Å². The van der Waals surface area contributed by atoms with Crippen LogP contribution >= 0.6 is 11.8 Å². The summed E-state index contributed by atoms with van der Waals surface area (Å²) in [6.45, 7) is 1.96. The van der Waals surface area contributed by atoms with Gasteiger partial charge in [0.15, 0.2) is 0 Å². The quantitative estimate of drug-likeness (QED) is 0.374. The molecule has 8 heteroatoms. The molecule has 178 valence electrons. The van der Waals surface area contributed by atoms with E-state index in [4.69, 9.17) is 14.2 Å². The van der Waals surface area contributed by atoms with Gasteiger partial charge < -0.3 is 24.8 Å². The zero-order valence-corrected chi connectivity index (χ0v) is 20.4. The van der Waals surface area contributed by atoms with Crippen molar-refractivity contribution in [2.24, 2.45) is 0 Å². The van der Waals surface area contributed by atoms with Crippen LogP contribution in [-0.2, 0) is 4.79 Å². The second-order valence-corrected chi connectivity index (χ2v) is 8.56. The van der Waals surface area contributed by atoms with Crippen LogP contribution < -0.4 is 24.8 Å². The smallest absolute Gasteiger partial charge is 0.255 e. The van der Waals surface area contributed by atoms with E-state index in [1.165, 1.54) is 11.8 Å². The van der Waals surface area contributed by atoms with Crippen LogP contribution in [0.25, 0.3) is 0 Å². The normalized spacial score (nSPS) is 11.3. The summed E-state index contributed by atoms with van der Waals surface area (Å²) < 4.78 is 15.7. The number of carbonyl (C=O) groups is 2. The van der Waals surface area contributed by atoms with E-state index < -0.39 is 0 Å². The summed E-state index contributed by atoms with van der Waals surface area (Å²) in [5.74, 6) is 1.50. The number of thioether (sulfide) groups is 1. The van der Waals surface area contributed by atoms with Crippen LogP contribution in [0.4, 0.5) is 11.4 Å². The van der Waals surface area contributed by atoms with Crippen LogP contribution in [0.5, 0.6) is 17.2 Å². The Kier molecular flexibility index (Phi) is 8.81. The number of hydrogen-bond acceptors (Lipinski definition) is 6. The fourth-order valence-corrected chi connectivity index (χ4v) is 4.21. The van der Waals surface area contributed by atoms with Crippen molar-refractivity contribution < 1.29 is 23.8 Å². The lowest BCUT2D eigenvalue weighted by Crippen LogP contribution is -2.24. The van der Waals surface area contributed by atoms with E-state index in [2.05, 4.69) is 10.6 Å². The van der Waals surface area contributed by atoms with E-state index in [-0.39, 0.29) is 17.1 Å². The summed E-state index contributed by atoms with van der Waals surface area (Å²) in [5, 5.41) is 5.51. The number of nitrogens with one attached hydrogen (secondary N) is 2. The average molecular weight is 481 g/mol. The molecule has 3 aromatic rings. The highest BCUT2D eigenvalue weighted by Crippen LogP contribution is 2.32. The highest BCUT2D eigenvalue weighted by Gasteiger charge is 2.20. The summed E-state index contributed by atoms with van der Waals surface area (Å²) in [5.41, 5.74) is 1.75. The van der Waals surface area contributed by atoms with Gasteiger partial charge in [-0.15, -0.1) is 11.8 Å². The standard InChI is InChI=1S/C26H28N2O5S/c1-5-24(26(30)28-22-14-13-20(32-3)16-23(22)33-4)34-21-8-6-7-18(15-21)27-25(29)17-9-11-19(31-2)12-10-17/h6-16,24H,5H2,1-4H3,(H,27,29)(H,28,30). The van der Waals surface area contributed by atoms with Gasteiger partial charge in [-0.2, -0.15) is 0 Å². The van der Waals surface area contributed by atoms with Crippen LogP contribution in [0.2, 0.25) is 0 Å². The highest BCUT2D eigenvalue weighted by atomic mass is 32.2. The zero-order chi connectivity index (χ0) is 24.5. The minimum Gasteiger partial charge on any atom is -0.497 e. The van der Waals surface area contributed by atoms with Crippen molar-refractivity contribution in [2.45, 2.75) is 23.5 Å². The Morgan fingerprint density at radius 1 is 0.853 bits per heavy atom. The lowest BCUT2D eigenvalue weighted by Gasteiger charge is -2.17. The van der Waals surface area contributed by atoms with Gasteiger partial charge in [0, 0.05) is 22.2 Å². The van der Waals surface area contributed by atoms with Gasteiger partial charge in [0.05, 0.1) is 32.3 Å². The molecule has 1 atom stereocenters. The Hall–Kier alpha value is -3.65. The molecule has 0 fully saturated rings. The predicted octanol–water partition coefficient (Wildman–Crippen LogP) is 5.47. The van der Waals surface area contributed by atoms with Crippen molar-refractivity contribution in [1.82, 2.24) is 0 Å². The van der Waals surface area contributed by atoms with E-state index >= 15 is 0 Å². The first-order chi connectivity index (χ1) is 16.5. The van der Waals surface area contributed by atoms with Crippen LogP contribution in [0.1, 0.15) is 23.7 Å². The number of ether oxygens (including phenoxy) is 3. The van der Waals surface area contributed by atoms with E-state index in [0.29, 0.717) is 40.6 Å². The second kappa shape index (κ2) is 12.0. The topological polar surface area (TPSA) is 85.9 Å². The molecular formula is C26H28N2O5S. The molecule has 0 radical (unpaired) electrons. The molecular weight excluding hydrogens is 452 g/mol. The highest BCUT2D eigenvalue weighted by molar-refractivity contribution is 8.00. The summed E-state index contributed by atoms with van der Waals surface area (Å²) in [6.07, 6.45) is 0.622. The number of amides is 2. The van der Waals surface area contributed by atoms with Crippen molar-refractivity contribution >= 4 is 35.0 Å². The predicted molar refractivity (Wildman–Crippen MR) is 136 cm³/mol. The van der Waals surface area contributed by atoms with Crippen molar-refractivity contribution in [3.05, 3.63) is 72.3 Å². The Morgan fingerprint density at radius 2 is 1.56 bits per heavy atom.